The second kappa shape index (κ2) is 12.0. The summed E-state index contributed by atoms with van der Waals surface area (Å²) < 4.78 is 16.0. The van der Waals surface area contributed by atoms with Crippen LogP contribution in [0.4, 0.5) is 11.4 Å². The van der Waals surface area contributed by atoms with Gasteiger partial charge < -0.3 is 19.5 Å². The van der Waals surface area contributed by atoms with Gasteiger partial charge in [-0.05, 0) is 66.2 Å². The van der Waals surface area contributed by atoms with Crippen LogP contribution >= 0.6 is 23.4 Å². The molecule has 8 nitrogen and oxygen atoms in total. The molecular weight excluding hydrogens is 514 g/mol. The van der Waals surface area contributed by atoms with E-state index in [2.05, 4.69) is 5.32 Å². The lowest BCUT2D eigenvalue weighted by molar-refractivity contribution is -0.128. The molecule has 1 aliphatic rings. The molecule has 1 atom stereocenters. The highest BCUT2D eigenvalue weighted by molar-refractivity contribution is 8.15. The van der Waals surface area contributed by atoms with Crippen molar-refractivity contribution in [1.29, 1.82) is 0 Å². The van der Waals surface area contributed by atoms with Crippen LogP contribution in [0.1, 0.15) is 12.0 Å². The number of hydrogen-bond donors (Lipinski definition) is 1. The van der Waals surface area contributed by atoms with E-state index < -0.39 is 5.25 Å². The summed E-state index contributed by atoms with van der Waals surface area (Å²) in [5, 5.41) is 3.28. The smallest absolute Gasteiger partial charge is 0.242 e. The van der Waals surface area contributed by atoms with Gasteiger partial charge in [-0.25, -0.2) is 4.99 Å². The summed E-state index contributed by atoms with van der Waals surface area (Å²) in [5.41, 5.74) is 2.11. The molecule has 0 radical (unpaired) electrons. The third kappa shape index (κ3) is 6.55. The molecule has 4 rings (SSSR count). The van der Waals surface area contributed by atoms with Crippen molar-refractivity contribution in [3.8, 4) is 17.2 Å². The summed E-state index contributed by atoms with van der Waals surface area (Å²) in [6, 6.07) is 19.5. The van der Waals surface area contributed by atoms with Crippen LogP contribution in [0.5, 0.6) is 17.2 Å². The van der Waals surface area contributed by atoms with Crippen molar-refractivity contribution in [2.24, 2.45) is 4.99 Å². The number of nitrogens with zero attached hydrogens (tertiary/aromatic N) is 2. The van der Waals surface area contributed by atoms with Gasteiger partial charge in [0.2, 0.25) is 11.8 Å². The Bertz CT molecular complexity index is 1300. The number of methoxy groups -OCH3 is 3. The predicted octanol–water partition coefficient (Wildman–Crippen LogP) is 5.53. The van der Waals surface area contributed by atoms with Crippen molar-refractivity contribution < 1.29 is 23.8 Å². The Labute approximate surface area is 224 Å². The first-order chi connectivity index (χ1) is 17.9. The number of anilines is 1. The van der Waals surface area contributed by atoms with E-state index in [0.29, 0.717) is 38.8 Å². The molecule has 1 aliphatic heterocycles. The lowest BCUT2D eigenvalue weighted by Crippen LogP contribution is -2.33. The van der Waals surface area contributed by atoms with Gasteiger partial charge in [0.05, 0.1) is 33.6 Å². The zero-order valence-corrected chi connectivity index (χ0v) is 22.1. The Balaban J connectivity index is 1.57. The maximum absolute atomic E-state index is 13.5. The lowest BCUT2D eigenvalue weighted by Gasteiger charge is -2.18. The van der Waals surface area contributed by atoms with Gasteiger partial charge in [0.15, 0.2) is 16.7 Å². The summed E-state index contributed by atoms with van der Waals surface area (Å²) >= 11 is 7.19. The van der Waals surface area contributed by atoms with Gasteiger partial charge in [0, 0.05) is 17.1 Å². The summed E-state index contributed by atoms with van der Waals surface area (Å²) in [4.78, 5) is 32.5. The maximum atomic E-state index is 13.5. The predicted molar refractivity (Wildman–Crippen MR) is 146 cm³/mol. The summed E-state index contributed by atoms with van der Waals surface area (Å²) in [6.07, 6.45) is -0.00378. The molecule has 2 amide bonds. The first-order valence-electron chi connectivity index (χ1n) is 11.4. The summed E-state index contributed by atoms with van der Waals surface area (Å²) in [7, 11) is 4.72. The van der Waals surface area contributed by atoms with E-state index in [1.807, 2.05) is 24.3 Å². The Morgan fingerprint density at radius 1 is 0.973 bits per heavy atom. The SMILES string of the molecule is COc1ccc(N=C2S[C@@H](CC(=O)Nc3ccc(Cl)cc3)C(=O)N2Cc2ccc(OC)c(OC)c2)cc1. The van der Waals surface area contributed by atoms with Gasteiger partial charge in [0.1, 0.15) is 11.0 Å². The Hall–Kier alpha value is -3.69. The first-order valence-corrected chi connectivity index (χ1v) is 12.6. The van der Waals surface area contributed by atoms with Crippen molar-refractivity contribution in [2.45, 2.75) is 18.2 Å². The molecule has 192 valence electrons. The van der Waals surface area contributed by atoms with Crippen LogP contribution in [0.25, 0.3) is 0 Å². The van der Waals surface area contributed by atoms with E-state index in [9.17, 15) is 9.59 Å². The van der Waals surface area contributed by atoms with E-state index >= 15 is 0 Å². The van der Waals surface area contributed by atoms with Crippen LogP contribution in [-0.2, 0) is 16.1 Å². The van der Waals surface area contributed by atoms with E-state index in [4.69, 9.17) is 30.8 Å². The summed E-state index contributed by atoms with van der Waals surface area (Å²) in [5.74, 6) is 1.39. The molecule has 3 aromatic carbocycles. The minimum atomic E-state index is -0.621. The number of aliphatic imine (C=N–C) groups is 1. The third-order valence-electron chi connectivity index (χ3n) is 5.60. The first kappa shape index (κ1) is 26.4. The molecule has 0 saturated carbocycles. The number of thioether (sulfide) groups is 1. The number of benzene rings is 3. The van der Waals surface area contributed by atoms with Gasteiger partial charge in [0.25, 0.3) is 0 Å². The fourth-order valence-corrected chi connectivity index (χ4v) is 5.00. The lowest BCUT2D eigenvalue weighted by atomic mass is 10.1. The molecular formula is C27H26ClN3O5S. The van der Waals surface area contributed by atoms with Crippen molar-refractivity contribution >= 4 is 51.7 Å². The van der Waals surface area contributed by atoms with Crippen LogP contribution in [0.3, 0.4) is 0 Å². The van der Waals surface area contributed by atoms with Crippen molar-refractivity contribution in [3.05, 3.63) is 77.3 Å². The number of halogens is 1. The van der Waals surface area contributed by atoms with Crippen LogP contribution in [0.15, 0.2) is 71.7 Å². The topological polar surface area (TPSA) is 89.5 Å². The maximum Gasteiger partial charge on any atom is 0.242 e. The number of ether oxygens (including phenoxy) is 3. The number of carbonyl (C=O) groups excluding carboxylic acids is 2. The molecule has 1 N–H and O–H groups in total. The average Bonchev–Trinajstić information content (AvgIpc) is 3.18. The van der Waals surface area contributed by atoms with E-state index in [1.165, 1.54) is 11.8 Å². The number of amidine groups is 1. The monoisotopic (exact) mass is 539 g/mol. The Kier molecular flexibility index (Phi) is 8.58. The normalized spacial score (nSPS) is 16.1. The highest BCUT2D eigenvalue weighted by Crippen LogP contribution is 2.35. The Morgan fingerprint density at radius 3 is 2.32 bits per heavy atom. The van der Waals surface area contributed by atoms with Crippen LogP contribution in [-0.4, -0.2) is 48.5 Å². The van der Waals surface area contributed by atoms with Gasteiger partial charge >= 0.3 is 0 Å². The van der Waals surface area contributed by atoms with Gasteiger partial charge in [-0.15, -0.1) is 0 Å². The quantitative estimate of drug-likeness (QED) is 0.385. The molecule has 3 aromatic rings. The molecule has 0 spiro atoms. The zero-order chi connectivity index (χ0) is 26.4. The largest absolute Gasteiger partial charge is 0.497 e. The fraction of sp³-hybridized carbons (Fsp3) is 0.222. The van der Waals surface area contributed by atoms with Crippen LogP contribution in [0, 0.1) is 0 Å². The van der Waals surface area contributed by atoms with Gasteiger partial charge in [-0.2, -0.15) is 0 Å². The molecule has 1 heterocycles. The van der Waals surface area contributed by atoms with Crippen molar-refractivity contribution in [1.82, 2.24) is 4.90 Å². The van der Waals surface area contributed by atoms with Crippen LogP contribution < -0.4 is 19.5 Å². The van der Waals surface area contributed by atoms with E-state index in [-0.39, 0.29) is 24.8 Å². The van der Waals surface area contributed by atoms with E-state index in [1.54, 1.807) is 68.7 Å². The molecule has 0 aromatic heterocycles. The van der Waals surface area contributed by atoms with Crippen LogP contribution in [0.2, 0.25) is 5.02 Å². The number of carbonyl (C=O) groups is 2. The third-order valence-corrected chi connectivity index (χ3v) is 7.03. The van der Waals surface area contributed by atoms with Gasteiger partial charge in [-0.3, -0.25) is 14.5 Å². The number of hydrogen-bond acceptors (Lipinski definition) is 7. The number of nitrogens with one attached hydrogen (secondary N) is 1. The van der Waals surface area contributed by atoms with Crippen molar-refractivity contribution in [3.63, 3.8) is 0 Å². The van der Waals surface area contributed by atoms with Crippen molar-refractivity contribution in [2.75, 3.05) is 26.6 Å². The molecule has 0 aliphatic carbocycles. The fourth-order valence-electron chi connectivity index (χ4n) is 3.71. The Morgan fingerprint density at radius 2 is 1.68 bits per heavy atom. The number of rotatable bonds is 9. The second-order valence-corrected chi connectivity index (χ2v) is 9.68. The minimum absolute atomic E-state index is 0.00378. The van der Waals surface area contributed by atoms with E-state index in [0.717, 1.165) is 5.56 Å². The second-order valence-electron chi connectivity index (χ2n) is 8.07. The highest BCUT2D eigenvalue weighted by Gasteiger charge is 2.39. The standard InChI is InChI=1S/C27H26ClN3O5S/c1-34-21-11-9-20(10-12-21)30-27-31(16-17-4-13-22(35-2)23(14-17)36-3)26(33)24(37-27)15-25(32)29-19-7-5-18(28)6-8-19/h4-14,24H,15-16H2,1-3H3,(H,29,32)/t24-/m0/s1. The molecule has 0 bridgehead atoms. The molecule has 1 saturated heterocycles. The molecule has 1 fully saturated rings. The highest BCUT2D eigenvalue weighted by atomic mass is 35.5. The average molecular weight is 540 g/mol. The summed E-state index contributed by atoms with van der Waals surface area (Å²) in [6.45, 7) is 0.260. The zero-order valence-electron chi connectivity index (χ0n) is 20.6. The minimum Gasteiger partial charge on any atom is -0.497 e. The molecule has 10 heteroatoms. The van der Waals surface area contributed by atoms with Gasteiger partial charge in [-0.1, -0.05) is 29.4 Å². The molecule has 37 heavy (non-hydrogen) atoms. The molecule has 0 unspecified atom stereocenters. The number of amides is 2.